The minimum Gasteiger partial charge on any atom is -0.466 e. The van der Waals surface area contributed by atoms with E-state index in [-0.39, 0.29) is 5.97 Å². The molecule has 2 aromatic carbocycles. The first kappa shape index (κ1) is 20.4. The number of likely N-dealkylation sites (N-methyl/N-ethyl adjacent to an activating group) is 1. The number of hydrogen-bond donors (Lipinski definition) is 0. The van der Waals surface area contributed by atoms with Crippen LogP contribution in [0, 0.1) is 0 Å². The third kappa shape index (κ3) is 4.05. The molecule has 0 saturated heterocycles. The number of carbonyl (C=O) groups excluding carboxylic acids is 1. The van der Waals surface area contributed by atoms with Gasteiger partial charge in [-0.2, -0.15) is 0 Å². The lowest BCUT2D eigenvalue weighted by atomic mass is 10.0. The number of para-hydroxylation sites is 1. The van der Waals surface area contributed by atoms with E-state index in [1.165, 1.54) is 40.8 Å². The molecule has 0 fully saturated rings. The predicted molar refractivity (Wildman–Crippen MR) is 122 cm³/mol. The summed E-state index contributed by atoms with van der Waals surface area (Å²) >= 11 is 0. The van der Waals surface area contributed by atoms with Crippen molar-refractivity contribution in [2.75, 3.05) is 20.2 Å². The van der Waals surface area contributed by atoms with Gasteiger partial charge in [0.25, 0.3) is 0 Å². The Labute approximate surface area is 178 Å². The van der Waals surface area contributed by atoms with E-state index in [9.17, 15) is 4.79 Å². The molecule has 0 amide bonds. The highest BCUT2D eigenvalue weighted by molar-refractivity contribution is 5.87. The maximum atomic E-state index is 11.4. The van der Waals surface area contributed by atoms with E-state index in [0.717, 1.165) is 37.9 Å². The van der Waals surface area contributed by atoms with Gasteiger partial charge in [0.15, 0.2) is 0 Å². The van der Waals surface area contributed by atoms with Crippen LogP contribution < -0.4 is 0 Å². The number of methoxy groups -OCH3 is 1. The number of hydrogen-bond acceptors (Lipinski definition) is 3. The summed E-state index contributed by atoms with van der Waals surface area (Å²) in [4.78, 5) is 14.0. The minimum atomic E-state index is -0.320. The number of esters is 1. The Hall–Kier alpha value is -2.85. The molecule has 30 heavy (non-hydrogen) atoms. The normalized spacial score (nSPS) is 15.9. The molecule has 3 aromatic rings. The largest absolute Gasteiger partial charge is 0.466 e. The van der Waals surface area contributed by atoms with Crippen LogP contribution in [-0.4, -0.2) is 35.6 Å². The molecule has 1 aliphatic rings. The van der Waals surface area contributed by atoms with Crippen molar-refractivity contribution < 1.29 is 9.53 Å². The van der Waals surface area contributed by atoms with Crippen LogP contribution >= 0.6 is 0 Å². The summed E-state index contributed by atoms with van der Waals surface area (Å²) in [6.07, 6.45) is 8.89. The lowest BCUT2D eigenvalue weighted by Crippen LogP contribution is -2.29. The fourth-order valence-electron chi connectivity index (χ4n) is 4.75. The summed E-state index contributed by atoms with van der Waals surface area (Å²) in [6.45, 7) is 4.35. The highest BCUT2D eigenvalue weighted by Gasteiger charge is 2.27. The first-order chi connectivity index (χ1) is 14.6. The van der Waals surface area contributed by atoms with Gasteiger partial charge in [-0.1, -0.05) is 43.3 Å². The standard InChI is InChI=1S/C26H30N2O2/c1-4-28(16-15-21-18-27(2)24-8-6-5-7-22(21)24)25-13-11-20-17-19(9-12-23(20)25)10-14-26(29)30-3/h5-10,12,14,17-18,25H,4,11,13,15-16H2,1-3H3. The van der Waals surface area contributed by atoms with E-state index >= 15 is 0 Å². The summed E-state index contributed by atoms with van der Waals surface area (Å²) < 4.78 is 6.92. The molecule has 1 aromatic heterocycles. The van der Waals surface area contributed by atoms with Crippen LogP contribution in [0.5, 0.6) is 0 Å². The van der Waals surface area contributed by atoms with Crippen LogP contribution in [0.25, 0.3) is 17.0 Å². The van der Waals surface area contributed by atoms with E-state index in [4.69, 9.17) is 0 Å². The number of aryl methyl sites for hydroxylation is 2. The van der Waals surface area contributed by atoms with E-state index in [1.54, 1.807) is 0 Å². The molecule has 0 bridgehead atoms. The molecule has 1 unspecified atom stereocenters. The van der Waals surface area contributed by atoms with Gasteiger partial charge in [0, 0.05) is 42.8 Å². The Balaban J connectivity index is 1.48. The summed E-state index contributed by atoms with van der Waals surface area (Å²) in [5.41, 5.74) is 6.61. The van der Waals surface area contributed by atoms with Gasteiger partial charge in [0.1, 0.15) is 0 Å². The Morgan fingerprint density at radius 2 is 2.10 bits per heavy atom. The Morgan fingerprint density at radius 1 is 1.27 bits per heavy atom. The SMILES string of the molecule is CCN(CCc1cn(C)c2ccccc12)C1CCc2cc(C=CC(=O)OC)ccc21. The fraction of sp³-hybridized carbons (Fsp3) is 0.346. The molecule has 4 nitrogen and oxygen atoms in total. The second-order valence-electron chi connectivity index (χ2n) is 8.03. The van der Waals surface area contributed by atoms with Crippen molar-refractivity contribution in [3.63, 3.8) is 0 Å². The zero-order chi connectivity index (χ0) is 21.1. The summed E-state index contributed by atoms with van der Waals surface area (Å²) in [5.74, 6) is -0.320. The number of fused-ring (bicyclic) bond motifs is 2. The van der Waals surface area contributed by atoms with Crippen molar-refractivity contribution in [1.29, 1.82) is 0 Å². The highest BCUT2D eigenvalue weighted by Crippen LogP contribution is 2.36. The van der Waals surface area contributed by atoms with Gasteiger partial charge in [-0.25, -0.2) is 4.79 Å². The molecular formula is C26H30N2O2. The molecular weight excluding hydrogens is 372 g/mol. The van der Waals surface area contributed by atoms with Crippen LogP contribution in [0.15, 0.2) is 54.7 Å². The smallest absolute Gasteiger partial charge is 0.330 e. The first-order valence-corrected chi connectivity index (χ1v) is 10.8. The molecule has 1 aliphatic carbocycles. The molecule has 0 N–H and O–H groups in total. The molecule has 156 valence electrons. The Kier molecular flexibility index (Phi) is 6.05. The molecule has 0 radical (unpaired) electrons. The number of aromatic nitrogens is 1. The van der Waals surface area contributed by atoms with E-state index < -0.39 is 0 Å². The topological polar surface area (TPSA) is 34.5 Å². The quantitative estimate of drug-likeness (QED) is 0.416. The molecule has 1 atom stereocenters. The number of nitrogens with zero attached hydrogens (tertiary/aromatic N) is 2. The van der Waals surface area contributed by atoms with Gasteiger partial charge < -0.3 is 9.30 Å². The highest BCUT2D eigenvalue weighted by atomic mass is 16.5. The van der Waals surface area contributed by atoms with E-state index in [0.29, 0.717) is 6.04 Å². The average molecular weight is 403 g/mol. The van der Waals surface area contributed by atoms with Crippen molar-refractivity contribution in [3.05, 3.63) is 77.0 Å². The van der Waals surface area contributed by atoms with Crippen molar-refractivity contribution >= 4 is 22.9 Å². The molecule has 4 rings (SSSR count). The van der Waals surface area contributed by atoms with E-state index in [2.05, 4.69) is 76.8 Å². The van der Waals surface area contributed by atoms with Crippen LogP contribution in [0.2, 0.25) is 0 Å². The lowest BCUT2D eigenvalue weighted by Gasteiger charge is -2.28. The lowest BCUT2D eigenvalue weighted by molar-refractivity contribution is -0.134. The van der Waals surface area contributed by atoms with Crippen molar-refractivity contribution in [1.82, 2.24) is 9.47 Å². The summed E-state index contributed by atoms with van der Waals surface area (Å²) in [5, 5.41) is 1.37. The Bertz CT molecular complexity index is 1080. The second kappa shape index (κ2) is 8.88. The monoisotopic (exact) mass is 402 g/mol. The van der Waals surface area contributed by atoms with Crippen LogP contribution in [0.4, 0.5) is 0 Å². The number of rotatable bonds is 7. The second-order valence-corrected chi connectivity index (χ2v) is 8.03. The molecule has 0 saturated carbocycles. The van der Waals surface area contributed by atoms with Crippen LogP contribution in [-0.2, 0) is 29.4 Å². The zero-order valence-electron chi connectivity index (χ0n) is 18.1. The van der Waals surface area contributed by atoms with Gasteiger partial charge in [-0.05, 0) is 60.2 Å². The molecule has 0 spiro atoms. The molecule has 0 aliphatic heterocycles. The maximum absolute atomic E-state index is 11.4. The first-order valence-electron chi connectivity index (χ1n) is 10.8. The van der Waals surface area contributed by atoms with Crippen LogP contribution in [0.1, 0.15) is 41.6 Å². The van der Waals surface area contributed by atoms with Gasteiger partial charge >= 0.3 is 5.97 Å². The van der Waals surface area contributed by atoms with Gasteiger partial charge in [0.05, 0.1) is 7.11 Å². The number of carbonyl (C=O) groups is 1. The van der Waals surface area contributed by atoms with Crippen molar-refractivity contribution in [2.24, 2.45) is 7.05 Å². The average Bonchev–Trinajstić information content (AvgIpc) is 3.34. The number of ether oxygens (including phenoxy) is 1. The minimum absolute atomic E-state index is 0.320. The maximum Gasteiger partial charge on any atom is 0.330 e. The summed E-state index contributed by atoms with van der Waals surface area (Å²) in [7, 11) is 3.53. The van der Waals surface area contributed by atoms with Crippen molar-refractivity contribution in [3.8, 4) is 0 Å². The fourth-order valence-corrected chi connectivity index (χ4v) is 4.75. The predicted octanol–water partition coefficient (Wildman–Crippen LogP) is 4.92. The van der Waals surface area contributed by atoms with Gasteiger partial charge in [-0.3, -0.25) is 4.90 Å². The van der Waals surface area contributed by atoms with Gasteiger partial charge in [-0.15, -0.1) is 0 Å². The number of benzene rings is 2. The molecule has 4 heteroatoms. The van der Waals surface area contributed by atoms with Gasteiger partial charge in [0.2, 0.25) is 0 Å². The van der Waals surface area contributed by atoms with Crippen molar-refractivity contribution in [2.45, 2.75) is 32.2 Å². The Morgan fingerprint density at radius 3 is 2.90 bits per heavy atom. The van der Waals surface area contributed by atoms with E-state index in [1.807, 2.05) is 6.08 Å². The summed E-state index contributed by atoms with van der Waals surface area (Å²) in [6, 6.07) is 15.7. The zero-order valence-corrected chi connectivity index (χ0v) is 18.1. The third-order valence-electron chi connectivity index (χ3n) is 6.32. The third-order valence-corrected chi connectivity index (χ3v) is 6.32. The molecule has 1 heterocycles. The van der Waals surface area contributed by atoms with Crippen LogP contribution in [0.3, 0.4) is 0 Å².